The second kappa shape index (κ2) is 4.23. The van der Waals surface area contributed by atoms with E-state index in [4.69, 9.17) is 10.00 Å². The molecule has 0 saturated heterocycles. The summed E-state index contributed by atoms with van der Waals surface area (Å²) in [6.45, 7) is 0. The van der Waals surface area contributed by atoms with Gasteiger partial charge in [0.1, 0.15) is 11.6 Å². The van der Waals surface area contributed by atoms with E-state index in [0.717, 1.165) is 0 Å². The molecule has 0 spiro atoms. The van der Waals surface area contributed by atoms with Gasteiger partial charge in [-0.05, 0) is 0 Å². The van der Waals surface area contributed by atoms with Gasteiger partial charge in [-0.2, -0.15) is 5.26 Å². The van der Waals surface area contributed by atoms with Crippen molar-refractivity contribution in [3.05, 3.63) is 23.5 Å². The van der Waals surface area contributed by atoms with Crippen molar-refractivity contribution in [2.24, 2.45) is 0 Å². The first-order valence-electron chi connectivity index (χ1n) is 3.75. The zero-order valence-electron chi connectivity index (χ0n) is 7.77. The molecule has 5 heteroatoms. The maximum Gasteiger partial charge on any atom is 0.340 e. The van der Waals surface area contributed by atoms with Crippen LogP contribution in [-0.2, 0) is 4.74 Å². The van der Waals surface area contributed by atoms with Crippen molar-refractivity contribution in [1.29, 1.82) is 5.26 Å². The topological polar surface area (TPSA) is 72.2 Å². The number of nitriles is 1. The van der Waals surface area contributed by atoms with Gasteiger partial charge in [0, 0.05) is 6.20 Å². The average molecular weight is 192 g/mol. The molecule has 0 unspecified atom stereocenters. The molecule has 0 aromatic carbocycles. The van der Waals surface area contributed by atoms with E-state index in [-0.39, 0.29) is 16.9 Å². The summed E-state index contributed by atoms with van der Waals surface area (Å²) in [5, 5.41) is 8.81. The molecule has 0 aliphatic rings. The maximum atomic E-state index is 11.2. The van der Waals surface area contributed by atoms with Crippen LogP contribution in [-0.4, -0.2) is 25.2 Å². The number of nitrogens with zero attached hydrogens (tertiary/aromatic N) is 2. The second-order valence-corrected chi connectivity index (χ2v) is 2.37. The van der Waals surface area contributed by atoms with Gasteiger partial charge in [-0.25, -0.2) is 4.79 Å². The summed E-state index contributed by atoms with van der Waals surface area (Å²) in [7, 11) is 2.64. The van der Waals surface area contributed by atoms with Gasteiger partial charge in [0.25, 0.3) is 0 Å². The highest BCUT2D eigenvalue weighted by atomic mass is 16.5. The number of methoxy groups -OCH3 is 2. The molecule has 0 bridgehead atoms. The van der Waals surface area contributed by atoms with Gasteiger partial charge in [-0.3, -0.25) is 4.98 Å². The molecule has 0 fully saturated rings. The van der Waals surface area contributed by atoms with Crippen LogP contribution in [0.25, 0.3) is 0 Å². The highest BCUT2D eigenvalue weighted by Crippen LogP contribution is 2.19. The van der Waals surface area contributed by atoms with Crippen LogP contribution in [0, 0.1) is 11.3 Å². The van der Waals surface area contributed by atoms with E-state index >= 15 is 0 Å². The second-order valence-electron chi connectivity index (χ2n) is 2.37. The van der Waals surface area contributed by atoms with Crippen molar-refractivity contribution in [3.63, 3.8) is 0 Å². The lowest BCUT2D eigenvalue weighted by molar-refractivity contribution is 0.0599. The average Bonchev–Trinajstić information content (AvgIpc) is 2.26. The van der Waals surface area contributed by atoms with Crippen LogP contribution in [0.4, 0.5) is 0 Å². The monoisotopic (exact) mass is 192 g/mol. The van der Waals surface area contributed by atoms with E-state index in [1.165, 1.54) is 26.6 Å². The molecule has 1 aromatic heterocycles. The van der Waals surface area contributed by atoms with Gasteiger partial charge in [-0.1, -0.05) is 0 Å². The normalized spacial score (nSPS) is 8.93. The molecule has 5 nitrogen and oxygen atoms in total. The number of ether oxygens (including phenoxy) is 2. The molecule has 1 rings (SSSR count). The van der Waals surface area contributed by atoms with E-state index in [9.17, 15) is 4.79 Å². The fourth-order valence-corrected chi connectivity index (χ4v) is 0.976. The maximum absolute atomic E-state index is 11.2. The fourth-order valence-electron chi connectivity index (χ4n) is 0.976. The lowest BCUT2D eigenvalue weighted by Crippen LogP contribution is -2.06. The number of carbonyl (C=O) groups excluding carboxylic acids is 1. The molecule has 1 heterocycles. The lowest BCUT2D eigenvalue weighted by Gasteiger charge is -2.05. The van der Waals surface area contributed by atoms with Crippen LogP contribution in [0.3, 0.4) is 0 Å². The van der Waals surface area contributed by atoms with E-state index < -0.39 is 5.97 Å². The minimum absolute atomic E-state index is 0.106. The Hall–Kier alpha value is -2.09. The highest BCUT2D eigenvalue weighted by molar-refractivity contribution is 5.92. The SMILES string of the molecule is COC(=O)c1cncc(OC)c1C#N. The minimum atomic E-state index is -0.604. The van der Waals surface area contributed by atoms with Crippen LogP contribution < -0.4 is 4.74 Å². The third-order valence-corrected chi connectivity index (χ3v) is 1.65. The van der Waals surface area contributed by atoms with Crippen molar-refractivity contribution in [2.75, 3.05) is 14.2 Å². The highest BCUT2D eigenvalue weighted by Gasteiger charge is 2.16. The number of pyridine rings is 1. The molecule has 0 aliphatic carbocycles. The smallest absolute Gasteiger partial charge is 0.340 e. The van der Waals surface area contributed by atoms with Crippen molar-refractivity contribution in [2.45, 2.75) is 0 Å². The summed E-state index contributed by atoms with van der Waals surface area (Å²) in [5.74, 6) is -0.344. The molecule has 1 aromatic rings. The predicted molar refractivity (Wildman–Crippen MR) is 46.8 cm³/mol. The van der Waals surface area contributed by atoms with Gasteiger partial charge in [0.05, 0.1) is 26.0 Å². The third kappa shape index (κ3) is 1.64. The minimum Gasteiger partial charge on any atom is -0.494 e. The number of carbonyl (C=O) groups is 1. The zero-order valence-corrected chi connectivity index (χ0v) is 7.77. The molecule has 0 atom stereocenters. The molecule has 0 saturated carbocycles. The Morgan fingerprint density at radius 2 is 2.21 bits per heavy atom. The number of hydrogen-bond acceptors (Lipinski definition) is 5. The van der Waals surface area contributed by atoms with Crippen LogP contribution in [0.5, 0.6) is 5.75 Å². The first-order chi connectivity index (χ1) is 6.74. The first-order valence-corrected chi connectivity index (χ1v) is 3.75. The van der Waals surface area contributed by atoms with Crippen LogP contribution in [0.1, 0.15) is 15.9 Å². The number of hydrogen-bond donors (Lipinski definition) is 0. The Morgan fingerprint density at radius 1 is 1.50 bits per heavy atom. The zero-order chi connectivity index (χ0) is 10.6. The number of rotatable bonds is 2. The Kier molecular flexibility index (Phi) is 3.02. The molecule has 0 amide bonds. The Balaban J connectivity index is 3.31. The lowest BCUT2D eigenvalue weighted by atomic mass is 10.1. The molecule has 14 heavy (non-hydrogen) atoms. The largest absolute Gasteiger partial charge is 0.494 e. The van der Waals surface area contributed by atoms with Gasteiger partial charge in [0.15, 0.2) is 5.75 Å². The van der Waals surface area contributed by atoms with Crippen LogP contribution >= 0.6 is 0 Å². The van der Waals surface area contributed by atoms with Gasteiger partial charge in [0.2, 0.25) is 0 Å². The molecule has 0 radical (unpaired) electrons. The van der Waals surface area contributed by atoms with Gasteiger partial charge >= 0.3 is 5.97 Å². The summed E-state index contributed by atoms with van der Waals surface area (Å²) in [5.41, 5.74) is 0.240. The molecular weight excluding hydrogens is 184 g/mol. The van der Waals surface area contributed by atoms with Crippen molar-refractivity contribution in [1.82, 2.24) is 4.98 Å². The molecule has 0 N–H and O–H groups in total. The fraction of sp³-hybridized carbons (Fsp3) is 0.222. The summed E-state index contributed by atoms with van der Waals surface area (Å²) >= 11 is 0. The van der Waals surface area contributed by atoms with Crippen molar-refractivity contribution >= 4 is 5.97 Å². The molecule has 0 aliphatic heterocycles. The summed E-state index contributed by atoms with van der Waals surface area (Å²) < 4.78 is 9.37. The summed E-state index contributed by atoms with van der Waals surface area (Å²) in [6, 6.07) is 1.86. The van der Waals surface area contributed by atoms with Crippen LogP contribution in [0.2, 0.25) is 0 Å². The molecular formula is C9H8N2O3. The third-order valence-electron chi connectivity index (χ3n) is 1.65. The Morgan fingerprint density at radius 3 is 2.71 bits per heavy atom. The predicted octanol–water partition coefficient (Wildman–Crippen LogP) is 0.748. The summed E-state index contributed by atoms with van der Waals surface area (Å²) in [4.78, 5) is 14.9. The number of aromatic nitrogens is 1. The van der Waals surface area contributed by atoms with Gasteiger partial charge < -0.3 is 9.47 Å². The van der Waals surface area contributed by atoms with Crippen LogP contribution in [0.15, 0.2) is 12.4 Å². The van der Waals surface area contributed by atoms with E-state index in [1.807, 2.05) is 6.07 Å². The van der Waals surface area contributed by atoms with E-state index in [2.05, 4.69) is 9.72 Å². The standard InChI is InChI=1S/C9H8N2O3/c1-13-8-5-11-4-7(6(8)3-10)9(12)14-2/h4-5H,1-2H3. The summed E-state index contributed by atoms with van der Waals surface area (Å²) in [6.07, 6.45) is 2.64. The van der Waals surface area contributed by atoms with Crippen molar-refractivity contribution in [3.8, 4) is 11.8 Å². The van der Waals surface area contributed by atoms with E-state index in [0.29, 0.717) is 0 Å². The molecule has 72 valence electrons. The van der Waals surface area contributed by atoms with E-state index in [1.54, 1.807) is 0 Å². The number of esters is 1. The quantitative estimate of drug-likeness (QED) is 0.646. The Labute approximate surface area is 80.9 Å². The van der Waals surface area contributed by atoms with Gasteiger partial charge in [-0.15, -0.1) is 0 Å². The first kappa shape index (κ1) is 9.99. The Bertz CT molecular complexity index is 396. The van der Waals surface area contributed by atoms with Crippen molar-refractivity contribution < 1.29 is 14.3 Å².